The quantitative estimate of drug-likeness (QED) is 0.435. The first kappa shape index (κ1) is 16.9. The number of hydrogen-bond donors (Lipinski definition) is 0. The lowest BCUT2D eigenvalue weighted by Gasteiger charge is -2.21. The second kappa shape index (κ2) is 9.84. The van der Waals surface area contributed by atoms with Crippen LogP contribution >= 0.6 is 7.82 Å². The van der Waals surface area contributed by atoms with E-state index in [0.717, 1.165) is 19.3 Å². The van der Waals surface area contributed by atoms with Crippen LogP contribution in [0.25, 0.3) is 0 Å². The summed E-state index contributed by atoms with van der Waals surface area (Å²) in [5, 5.41) is 0. The fourth-order valence-corrected chi connectivity index (χ4v) is 2.72. The van der Waals surface area contributed by atoms with Gasteiger partial charge in [0.25, 0.3) is 0 Å². The maximum Gasteiger partial charge on any atom is 0.475 e. The van der Waals surface area contributed by atoms with E-state index < -0.39 is 7.82 Å². The fourth-order valence-electron chi connectivity index (χ4n) is 1.38. The van der Waals surface area contributed by atoms with Crippen LogP contribution in [0.15, 0.2) is 12.2 Å². The van der Waals surface area contributed by atoms with Crippen LogP contribution in [0.5, 0.6) is 0 Å². The van der Waals surface area contributed by atoms with E-state index in [9.17, 15) is 4.57 Å². The summed E-state index contributed by atoms with van der Waals surface area (Å²) >= 11 is 0. The van der Waals surface area contributed by atoms with Crippen LogP contribution in [0.4, 0.5) is 0 Å². The first-order valence-corrected chi connectivity index (χ1v) is 7.78. The number of hydrogen-bond acceptors (Lipinski definition) is 4. The van der Waals surface area contributed by atoms with Crippen LogP contribution in [0.1, 0.15) is 47.0 Å². The Kier molecular flexibility index (Phi) is 9.75. The average Bonchev–Trinajstić information content (AvgIpc) is 2.26. The monoisotopic (exact) mass is 264 g/mol. The average molecular weight is 264 g/mol. The second-order valence-electron chi connectivity index (χ2n) is 3.59. The van der Waals surface area contributed by atoms with Gasteiger partial charge in [-0.25, -0.2) is 4.57 Å². The molecule has 0 radical (unpaired) electrons. The van der Waals surface area contributed by atoms with Crippen molar-refractivity contribution in [2.45, 2.75) is 53.1 Å². The van der Waals surface area contributed by atoms with Crippen LogP contribution < -0.4 is 0 Å². The zero-order chi connectivity index (χ0) is 13.1. The van der Waals surface area contributed by atoms with Crippen molar-refractivity contribution in [2.24, 2.45) is 0 Å². The SMILES string of the molecule is C/C=C/[C@H](CCCC)OP(=O)(OCC)OCC. The molecule has 0 saturated heterocycles. The molecule has 0 fully saturated rings. The van der Waals surface area contributed by atoms with E-state index in [1.54, 1.807) is 13.8 Å². The van der Waals surface area contributed by atoms with Gasteiger partial charge in [0.05, 0.1) is 19.3 Å². The number of unbranched alkanes of at least 4 members (excludes halogenated alkanes) is 1. The second-order valence-corrected chi connectivity index (χ2v) is 5.22. The minimum atomic E-state index is -3.40. The Morgan fingerprint density at radius 3 is 2.18 bits per heavy atom. The van der Waals surface area contributed by atoms with Gasteiger partial charge in [-0.2, -0.15) is 0 Å². The van der Waals surface area contributed by atoms with Crippen molar-refractivity contribution in [2.75, 3.05) is 13.2 Å². The third-order valence-electron chi connectivity index (χ3n) is 2.09. The lowest BCUT2D eigenvalue weighted by molar-refractivity contribution is 0.0968. The van der Waals surface area contributed by atoms with Gasteiger partial charge < -0.3 is 0 Å². The van der Waals surface area contributed by atoms with E-state index in [4.69, 9.17) is 13.6 Å². The maximum atomic E-state index is 12.2. The molecule has 0 amide bonds. The van der Waals surface area contributed by atoms with Crippen molar-refractivity contribution in [3.05, 3.63) is 12.2 Å². The molecule has 0 aromatic rings. The largest absolute Gasteiger partial charge is 0.475 e. The lowest BCUT2D eigenvalue weighted by atomic mass is 10.1. The minimum absolute atomic E-state index is 0.205. The van der Waals surface area contributed by atoms with E-state index >= 15 is 0 Å². The van der Waals surface area contributed by atoms with Crippen molar-refractivity contribution in [1.29, 1.82) is 0 Å². The third-order valence-corrected chi connectivity index (χ3v) is 3.77. The Hall–Kier alpha value is -0.150. The Morgan fingerprint density at radius 2 is 1.76 bits per heavy atom. The maximum absolute atomic E-state index is 12.2. The molecule has 5 heteroatoms. The van der Waals surface area contributed by atoms with Gasteiger partial charge in [0.15, 0.2) is 0 Å². The summed E-state index contributed by atoms with van der Waals surface area (Å²) < 4.78 is 27.9. The van der Waals surface area contributed by atoms with Crippen molar-refractivity contribution in [3.63, 3.8) is 0 Å². The summed E-state index contributed by atoms with van der Waals surface area (Å²) in [5.41, 5.74) is 0. The van der Waals surface area contributed by atoms with Crippen LogP contribution in [-0.4, -0.2) is 19.3 Å². The zero-order valence-electron chi connectivity index (χ0n) is 11.3. The molecule has 0 saturated carbocycles. The molecule has 0 bridgehead atoms. The molecule has 1 atom stereocenters. The summed E-state index contributed by atoms with van der Waals surface area (Å²) in [5.74, 6) is 0. The minimum Gasteiger partial charge on any atom is -0.287 e. The molecular formula is C12H25O4P. The number of phosphoric ester groups is 1. The van der Waals surface area contributed by atoms with E-state index in [0.29, 0.717) is 13.2 Å². The Labute approximate surface area is 105 Å². The first-order chi connectivity index (χ1) is 8.11. The van der Waals surface area contributed by atoms with Crippen molar-refractivity contribution >= 4 is 7.82 Å². The number of phosphoric acid groups is 1. The molecule has 0 heterocycles. The van der Waals surface area contributed by atoms with Crippen molar-refractivity contribution in [3.8, 4) is 0 Å². The molecule has 0 rings (SSSR count). The number of rotatable bonds is 10. The van der Waals surface area contributed by atoms with Gasteiger partial charge in [0.1, 0.15) is 0 Å². The van der Waals surface area contributed by atoms with E-state index in [1.807, 2.05) is 19.1 Å². The van der Waals surface area contributed by atoms with Gasteiger partial charge in [-0.05, 0) is 27.2 Å². The van der Waals surface area contributed by atoms with E-state index in [2.05, 4.69) is 6.92 Å². The highest BCUT2D eigenvalue weighted by Gasteiger charge is 2.28. The first-order valence-electron chi connectivity index (χ1n) is 6.32. The molecular weight excluding hydrogens is 239 g/mol. The van der Waals surface area contributed by atoms with Gasteiger partial charge in [0, 0.05) is 0 Å². The summed E-state index contributed by atoms with van der Waals surface area (Å²) in [6.07, 6.45) is 6.50. The van der Waals surface area contributed by atoms with Gasteiger partial charge >= 0.3 is 7.82 Å². The predicted molar refractivity (Wildman–Crippen MR) is 70.1 cm³/mol. The van der Waals surface area contributed by atoms with Crippen LogP contribution in [0.2, 0.25) is 0 Å². The van der Waals surface area contributed by atoms with Crippen LogP contribution in [0.3, 0.4) is 0 Å². The topological polar surface area (TPSA) is 44.8 Å². The Morgan fingerprint density at radius 1 is 1.18 bits per heavy atom. The molecule has 0 aromatic heterocycles. The summed E-state index contributed by atoms with van der Waals surface area (Å²) in [7, 11) is -3.40. The molecule has 0 unspecified atom stereocenters. The van der Waals surface area contributed by atoms with Gasteiger partial charge in [-0.3, -0.25) is 13.6 Å². The highest BCUT2D eigenvalue weighted by Crippen LogP contribution is 2.50. The Bertz CT molecular complexity index is 243. The van der Waals surface area contributed by atoms with Crippen LogP contribution in [-0.2, 0) is 18.1 Å². The molecule has 0 N–H and O–H groups in total. The fraction of sp³-hybridized carbons (Fsp3) is 0.833. The van der Waals surface area contributed by atoms with E-state index in [-0.39, 0.29) is 6.10 Å². The van der Waals surface area contributed by atoms with E-state index in [1.165, 1.54) is 0 Å². The lowest BCUT2D eigenvalue weighted by Crippen LogP contribution is -2.11. The zero-order valence-corrected chi connectivity index (χ0v) is 12.2. The smallest absolute Gasteiger partial charge is 0.287 e. The molecule has 102 valence electrons. The molecule has 0 aromatic carbocycles. The molecule has 17 heavy (non-hydrogen) atoms. The van der Waals surface area contributed by atoms with Gasteiger partial charge in [-0.15, -0.1) is 0 Å². The van der Waals surface area contributed by atoms with Crippen LogP contribution in [0, 0.1) is 0 Å². The highest BCUT2D eigenvalue weighted by atomic mass is 31.2. The molecule has 0 aliphatic heterocycles. The summed E-state index contributed by atoms with van der Waals surface area (Å²) in [4.78, 5) is 0. The molecule has 0 spiro atoms. The normalized spacial score (nSPS) is 14.4. The van der Waals surface area contributed by atoms with Gasteiger partial charge in [0.2, 0.25) is 0 Å². The highest BCUT2D eigenvalue weighted by molar-refractivity contribution is 7.48. The molecule has 0 aliphatic rings. The van der Waals surface area contributed by atoms with Crippen molar-refractivity contribution < 1.29 is 18.1 Å². The standard InChI is InChI=1S/C12H25O4P/c1-5-9-11-12(10-6-2)16-17(13,14-7-3)15-8-4/h6,10,12H,5,7-9,11H2,1-4H3/b10-6+/t12-/m1/s1. The van der Waals surface area contributed by atoms with Crippen molar-refractivity contribution in [1.82, 2.24) is 0 Å². The number of allylic oxidation sites excluding steroid dienone is 1. The Balaban J connectivity index is 4.49. The summed E-state index contributed by atoms with van der Waals surface area (Å²) in [6, 6.07) is 0. The molecule has 4 nitrogen and oxygen atoms in total. The summed E-state index contributed by atoms with van der Waals surface area (Å²) in [6.45, 7) is 8.19. The predicted octanol–water partition coefficient (Wildman–Crippen LogP) is 4.32. The third kappa shape index (κ3) is 7.72. The van der Waals surface area contributed by atoms with Gasteiger partial charge in [-0.1, -0.05) is 31.9 Å². The molecule has 0 aliphatic carbocycles.